The summed E-state index contributed by atoms with van der Waals surface area (Å²) in [7, 11) is 0. The standard InChI is InChI=1S/C20H14N4O4/c21-11-5-15-10(4-18(11)26)20(28)8-2-14-7(1-13(8)23-15)19(27)9-3-17(25)12(22)6-16(9)24-14/h1-6,25-26H,21-22H2,(H,23,28)(H,24,27). The minimum atomic E-state index is -0.299. The number of H-pyrrole nitrogens is 2. The van der Waals surface area contributed by atoms with E-state index in [2.05, 4.69) is 9.97 Å². The summed E-state index contributed by atoms with van der Waals surface area (Å²) in [6, 6.07) is 8.75. The first-order valence-electron chi connectivity index (χ1n) is 8.40. The van der Waals surface area contributed by atoms with Gasteiger partial charge in [-0.25, -0.2) is 0 Å². The Bertz CT molecular complexity index is 1480. The number of pyridine rings is 2. The second-order valence-electron chi connectivity index (χ2n) is 6.76. The first-order chi connectivity index (χ1) is 13.3. The van der Waals surface area contributed by atoms with E-state index in [-0.39, 0.29) is 44.5 Å². The van der Waals surface area contributed by atoms with E-state index in [1.807, 2.05) is 0 Å². The Morgan fingerprint density at radius 2 is 0.893 bits per heavy atom. The number of phenolic OH excluding ortho intramolecular Hbond substituents is 2. The quantitative estimate of drug-likeness (QED) is 0.139. The molecular formula is C20H14N4O4. The minimum absolute atomic E-state index is 0.139. The third-order valence-electron chi connectivity index (χ3n) is 5.01. The predicted molar refractivity (Wildman–Crippen MR) is 110 cm³/mol. The second kappa shape index (κ2) is 5.17. The highest BCUT2D eigenvalue weighted by molar-refractivity contribution is 6.03. The van der Waals surface area contributed by atoms with Crippen LogP contribution in [-0.4, -0.2) is 20.2 Å². The molecule has 0 bridgehead atoms. The lowest BCUT2D eigenvalue weighted by molar-refractivity contribution is 0.478. The van der Waals surface area contributed by atoms with Crippen LogP contribution in [0.15, 0.2) is 46.0 Å². The van der Waals surface area contributed by atoms with Crippen molar-refractivity contribution in [3.05, 3.63) is 56.8 Å². The predicted octanol–water partition coefficient (Wildman–Crippen LogP) is 2.25. The Labute approximate surface area is 155 Å². The van der Waals surface area contributed by atoms with Gasteiger partial charge in [0.05, 0.1) is 33.4 Å². The van der Waals surface area contributed by atoms with E-state index in [4.69, 9.17) is 11.5 Å². The number of aromatic hydroxyl groups is 2. The highest BCUT2D eigenvalue weighted by atomic mass is 16.3. The van der Waals surface area contributed by atoms with E-state index in [0.29, 0.717) is 32.8 Å². The molecule has 8 N–H and O–H groups in total. The molecule has 0 radical (unpaired) electrons. The van der Waals surface area contributed by atoms with Crippen LogP contribution >= 0.6 is 0 Å². The first-order valence-corrected chi connectivity index (χ1v) is 8.40. The molecule has 0 saturated carbocycles. The van der Waals surface area contributed by atoms with E-state index < -0.39 is 0 Å². The van der Waals surface area contributed by atoms with Crippen molar-refractivity contribution >= 4 is 55.0 Å². The summed E-state index contributed by atoms with van der Waals surface area (Å²) in [6.07, 6.45) is 0. The van der Waals surface area contributed by atoms with Gasteiger partial charge in [-0.3, -0.25) is 9.59 Å². The van der Waals surface area contributed by atoms with Crippen molar-refractivity contribution in [1.29, 1.82) is 0 Å². The van der Waals surface area contributed by atoms with Gasteiger partial charge in [-0.05, 0) is 36.4 Å². The molecule has 8 heteroatoms. The summed E-state index contributed by atoms with van der Waals surface area (Å²) in [6.45, 7) is 0. The van der Waals surface area contributed by atoms with E-state index >= 15 is 0 Å². The molecule has 28 heavy (non-hydrogen) atoms. The van der Waals surface area contributed by atoms with Crippen molar-refractivity contribution in [2.24, 2.45) is 0 Å². The van der Waals surface area contributed by atoms with E-state index in [1.165, 1.54) is 24.3 Å². The van der Waals surface area contributed by atoms with Crippen molar-refractivity contribution < 1.29 is 10.2 Å². The molecule has 0 spiro atoms. The Morgan fingerprint density at radius 3 is 1.29 bits per heavy atom. The summed E-state index contributed by atoms with van der Waals surface area (Å²) >= 11 is 0. The van der Waals surface area contributed by atoms with Gasteiger partial charge >= 0.3 is 0 Å². The molecule has 0 fully saturated rings. The molecule has 0 aliphatic rings. The molecule has 0 saturated heterocycles. The zero-order chi connectivity index (χ0) is 19.7. The first kappa shape index (κ1) is 16.0. The fourth-order valence-corrected chi connectivity index (χ4v) is 3.56. The SMILES string of the molecule is Nc1cc2[nH]c3cc4c(=O)c5cc(O)c(N)cc5[nH]c4cc3c(=O)c2cc1O. The van der Waals surface area contributed by atoms with Crippen LogP contribution in [0.5, 0.6) is 11.5 Å². The third-order valence-corrected chi connectivity index (χ3v) is 5.01. The minimum Gasteiger partial charge on any atom is -0.506 e. The average molecular weight is 374 g/mol. The van der Waals surface area contributed by atoms with Gasteiger partial charge in [0.25, 0.3) is 0 Å². The Hall–Kier alpha value is -4.20. The number of nitrogens with one attached hydrogen (secondary N) is 2. The topological polar surface area (TPSA) is 158 Å². The van der Waals surface area contributed by atoms with Crippen molar-refractivity contribution in [2.45, 2.75) is 0 Å². The van der Waals surface area contributed by atoms with Gasteiger partial charge in [-0.2, -0.15) is 0 Å². The maximum Gasteiger partial charge on any atom is 0.197 e. The number of benzene rings is 3. The van der Waals surface area contributed by atoms with Crippen molar-refractivity contribution in [1.82, 2.24) is 9.97 Å². The van der Waals surface area contributed by atoms with Gasteiger partial charge in [0.15, 0.2) is 10.9 Å². The van der Waals surface area contributed by atoms with Gasteiger partial charge in [-0.1, -0.05) is 0 Å². The summed E-state index contributed by atoms with van der Waals surface area (Å²) in [5.41, 5.74) is 12.9. The fourth-order valence-electron chi connectivity index (χ4n) is 3.56. The molecule has 8 nitrogen and oxygen atoms in total. The zero-order valence-corrected chi connectivity index (χ0v) is 14.3. The Kier molecular flexibility index (Phi) is 2.95. The molecule has 2 aromatic heterocycles. The summed E-state index contributed by atoms with van der Waals surface area (Å²) in [5, 5.41) is 20.9. The van der Waals surface area contributed by atoms with Crippen LogP contribution in [0, 0.1) is 0 Å². The van der Waals surface area contributed by atoms with Crippen molar-refractivity contribution in [2.75, 3.05) is 11.5 Å². The lowest BCUT2D eigenvalue weighted by Crippen LogP contribution is -2.08. The van der Waals surface area contributed by atoms with Gasteiger partial charge in [0, 0.05) is 21.5 Å². The Balaban J connectivity index is 1.98. The number of nitrogens with two attached hydrogens (primary N) is 2. The molecule has 3 aromatic carbocycles. The Morgan fingerprint density at radius 1 is 0.571 bits per heavy atom. The number of fused-ring (bicyclic) bond motifs is 4. The van der Waals surface area contributed by atoms with Gasteiger partial charge in [-0.15, -0.1) is 0 Å². The van der Waals surface area contributed by atoms with Crippen LogP contribution in [0.4, 0.5) is 11.4 Å². The largest absolute Gasteiger partial charge is 0.506 e. The number of aromatic amines is 2. The van der Waals surface area contributed by atoms with Crippen molar-refractivity contribution in [3.8, 4) is 11.5 Å². The molecule has 0 unspecified atom stereocenters. The smallest absolute Gasteiger partial charge is 0.197 e. The highest BCUT2D eigenvalue weighted by Gasteiger charge is 2.13. The maximum atomic E-state index is 12.9. The van der Waals surface area contributed by atoms with E-state index in [1.54, 1.807) is 12.1 Å². The highest BCUT2D eigenvalue weighted by Crippen LogP contribution is 2.28. The summed E-state index contributed by atoms with van der Waals surface area (Å²) in [4.78, 5) is 32.0. The lowest BCUT2D eigenvalue weighted by Gasteiger charge is -2.09. The average Bonchev–Trinajstić information content (AvgIpc) is 2.65. The molecule has 0 atom stereocenters. The molecule has 0 aliphatic carbocycles. The number of rotatable bonds is 0. The number of nitrogen functional groups attached to an aromatic ring is 2. The number of aromatic nitrogens is 2. The number of anilines is 2. The van der Waals surface area contributed by atoms with Crippen LogP contribution < -0.4 is 22.3 Å². The second-order valence-corrected chi connectivity index (χ2v) is 6.76. The number of hydrogen-bond acceptors (Lipinski definition) is 6. The fraction of sp³-hybridized carbons (Fsp3) is 0. The van der Waals surface area contributed by atoms with Crippen LogP contribution in [0.3, 0.4) is 0 Å². The number of hydrogen-bond donors (Lipinski definition) is 6. The van der Waals surface area contributed by atoms with Crippen molar-refractivity contribution in [3.63, 3.8) is 0 Å². The molecule has 2 heterocycles. The van der Waals surface area contributed by atoms with Gasteiger partial charge in [0.1, 0.15) is 11.5 Å². The third kappa shape index (κ3) is 2.05. The maximum absolute atomic E-state index is 12.9. The van der Waals surface area contributed by atoms with E-state index in [0.717, 1.165) is 0 Å². The summed E-state index contributed by atoms with van der Waals surface area (Å²) < 4.78 is 0. The molecule has 0 aliphatic heterocycles. The van der Waals surface area contributed by atoms with E-state index in [9.17, 15) is 19.8 Å². The lowest BCUT2D eigenvalue weighted by atomic mass is 10.0. The zero-order valence-electron chi connectivity index (χ0n) is 14.3. The van der Waals surface area contributed by atoms with Crippen LogP contribution in [-0.2, 0) is 0 Å². The summed E-state index contributed by atoms with van der Waals surface area (Å²) in [5.74, 6) is -0.347. The monoisotopic (exact) mass is 374 g/mol. The molecular weight excluding hydrogens is 360 g/mol. The molecule has 0 amide bonds. The van der Waals surface area contributed by atoms with Gasteiger partial charge in [0.2, 0.25) is 0 Å². The van der Waals surface area contributed by atoms with Crippen LogP contribution in [0.25, 0.3) is 43.6 Å². The van der Waals surface area contributed by atoms with Gasteiger partial charge < -0.3 is 31.6 Å². The molecule has 138 valence electrons. The molecule has 5 rings (SSSR count). The molecule has 5 aromatic rings. The van der Waals surface area contributed by atoms with Crippen LogP contribution in [0.2, 0.25) is 0 Å². The van der Waals surface area contributed by atoms with Crippen LogP contribution in [0.1, 0.15) is 0 Å². The number of phenols is 2. The normalized spacial score (nSPS) is 11.7.